The number of hydrogen-bond acceptors (Lipinski definition) is 7. The van der Waals surface area contributed by atoms with E-state index in [0.29, 0.717) is 22.9 Å². The van der Waals surface area contributed by atoms with Gasteiger partial charge >= 0.3 is 0 Å². The average molecular weight is 463 g/mol. The molecule has 34 heavy (non-hydrogen) atoms. The zero-order valence-corrected chi connectivity index (χ0v) is 19.2. The fraction of sp³-hybridized carbons (Fsp3) is 0.160. The zero-order chi connectivity index (χ0) is 24.5. The van der Waals surface area contributed by atoms with Crippen LogP contribution in [0.15, 0.2) is 65.8 Å². The molecule has 0 saturated carbocycles. The first-order valence-corrected chi connectivity index (χ1v) is 10.2. The molecular formula is C25H25N3O6. The van der Waals surface area contributed by atoms with Crippen LogP contribution in [0.4, 0.5) is 5.69 Å². The van der Waals surface area contributed by atoms with Crippen LogP contribution in [0.2, 0.25) is 0 Å². The number of amides is 2. The van der Waals surface area contributed by atoms with Crippen molar-refractivity contribution >= 4 is 23.7 Å². The van der Waals surface area contributed by atoms with Crippen molar-refractivity contribution in [1.82, 2.24) is 5.43 Å². The summed E-state index contributed by atoms with van der Waals surface area (Å²) < 4.78 is 21.0. The summed E-state index contributed by atoms with van der Waals surface area (Å²) in [5, 5.41) is 6.74. The molecule has 3 aromatic rings. The van der Waals surface area contributed by atoms with E-state index < -0.39 is 11.8 Å². The molecule has 2 amide bonds. The Morgan fingerprint density at radius 1 is 0.794 bits per heavy atom. The number of carbonyl (C=O) groups excluding carboxylic acids is 2. The fourth-order valence-electron chi connectivity index (χ4n) is 3.11. The third-order valence-electron chi connectivity index (χ3n) is 4.84. The minimum atomic E-state index is -0.481. The highest BCUT2D eigenvalue weighted by Gasteiger charge is 2.19. The molecule has 0 aliphatic heterocycles. The molecule has 0 unspecified atom stereocenters. The van der Waals surface area contributed by atoms with Crippen LogP contribution in [-0.2, 0) is 0 Å². The smallest absolute Gasteiger partial charge is 0.273 e. The lowest BCUT2D eigenvalue weighted by Crippen LogP contribution is -2.21. The number of methoxy groups -OCH3 is 4. The maximum Gasteiger partial charge on any atom is 0.273 e. The van der Waals surface area contributed by atoms with Crippen LogP contribution in [0.3, 0.4) is 0 Å². The number of ether oxygens (including phenoxy) is 4. The molecule has 9 nitrogen and oxygen atoms in total. The molecule has 0 aliphatic carbocycles. The number of benzene rings is 3. The standard InChI is InChI=1S/C25H25N3O6/c1-31-18-11-9-16(10-12-18)15-26-28-25(30)19-7-5-6-8-20(19)27-24(29)17-13-21(32-2)23(34-4)22(14-17)33-3/h5-15H,1-4H3,(H,27,29)(H,28,30)/b26-15-. The van der Waals surface area contributed by atoms with E-state index in [0.717, 1.165) is 11.3 Å². The van der Waals surface area contributed by atoms with Crippen molar-refractivity contribution in [2.24, 2.45) is 5.10 Å². The quantitative estimate of drug-likeness (QED) is 0.370. The van der Waals surface area contributed by atoms with Gasteiger partial charge in [0.1, 0.15) is 5.75 Å². The van der Waals surface area contributed by atoms with Crippen LogP contribution in [0, 0.1) is 0 Å². The van der Waals surface area contributed by atoms with E-state index in [1.807, 2.05) is 0 Å². The van der Waals surface area contributed by atoms with Crippen molar-refractivity contribution < 1.29 is 28.5 Å². The maximum atomic E-state index is 12.9. The first-order valence-electron chi connectivity index (χ1n) is 10.2. The second-order valence-electron chi connectivity index (χ2n) is 6.89. The Hall–Kier alpha value is -4.53. The van der Waals surface area contributed by atoms with Gasteiger partial charge in [-0.3, -0.25) is 9.59 Å². The molecule has 9 heteroatoms. The second kappa shape index (κ2) is 11.4. The molecule has 0 heterocycles. The fourth-order valence-corrected chi connectivity index (χ4v) is 3.11. The Labute approximate surface area is 197 Å². The molecule has 0 radical (unpaired) electrons. The molecular weight excluding hydrogens is 438 g/mol. The van der Waals surface area contributed by atoms with Gasteiger partial charge in [0.2, 0.25) is 5.75 Å². The summed E-state index contributed by atoms with van der Waals surface area (Å²) in [6, 6.07) is 16.9. The lowest BCUT2D eigenvalue weighted by molar-refractivity contribution is 0.0956. The normalized spacial score (nSPS) is 10.5. The predicted molar refractivity (Wildman–Crippen MR) is 129 cm³/mol. The second-order valence-corrected chi connectivity index (χ2v) is 6.89. The molecule has 2 N–H and O–H groups in total. The summed E-state index contributed by atoms with van der Waals surface area (Å²) in [4.78, 5) is 25.6. The number of anilines is 1. The van der Waals surface area contributed by atoms with E-state index in [1.54, 1.807) is 55.6 Å². The van der Waals surface area contributed by atoms with Gasteiger partial charge in [-0.15, -0.1) is 0 Å². The maximum absolute atomic E-state index is 12.9. The van der Waals surface area contributed by atoms with Gasteiger partial charge in [-0.2, -0.15) is 5.10 Å². The average Bonchev–Trinajstić information content (AvgIpc) is 2.88. The number of hydrazone groups is 1. The van der Waals surface area contributed by atoms with E-state index >= 15 is 0 Å². The molecule has 0 fully saturated rings. The van der Waals surface area contributed by atoms with Gasteiger partial charge in [0.15, 0.2) is 11.5 Å². The Morgan fingerprint density at radius 3 is 2.03 bits per heavy atom. The molecule has 0 spiro atoms. The molecule has 0 aromatic heterocycles. The van der Waals surface area contributed by atoms with Gasteiger partial charge in [-0.25, -0.2) is 5.43 Å². The summed E-state index contributed by atoms with van der Waals surface area (Å²) in [6.07, 6.45) is 1.51. The van der Waals surface area contributed by atoms with E-state index in [2.05, 4.69) is 15.8 Å². The molecule has 3 rings (SSSR count). The third kappa shape index (κ3) is 5.63. The van der Waals surface area contributed by atoms with Crippen LogP contribution >= 0.6 is 0 Å². The Morgan fingerprint density at radius 2 is 1.44 bits per heavy atom. The number of para-hydroxylation sites is 1. The summed E-state index contributed by atoms with van der Waals surface area (Å²) in [5.74, 6) is 0.831. The Balaban J connectivity index is 1.76. The van der Waals surface area contributed by atoms with Crippen LogP contribution in [0.25, 0.3) is 0 Å². The highest BCUT2D eigenvalue weighted by Crippen LogP contribution is 2.38. The van der Waals surface area contributed by atoms with Crippen molar-refractivity contribution in [2.75, 3.05) is 33.8 Å². The van der Waals surface area contributed by atoms with Gasteiger partial charge in [0, 0.05) is 5.56 Å². The van der Waals surface area contributed by atoms with Crippen LogP contribution in [-0.4, -0.2) is 46.5 Å². The number of rotatable bonds is 9. The van der Waals surface area contributed by atoms with Gasteiger partial charge in [-0.05, 0) is 54.1 Å². The summed E-state index contributed by atoms with van der Waals surface area (Å²) in [6.45, 7) is 0. The lowest BCUT2D eigenvalue weighted by Gasteiger charge is -2.15. The van der Waals surface area contributed by atoms with Crippen molar-refractivity contribution in [3.05, 3.63) is 77.4 Å². The largest absolute Gasteiger partial charge is 0.497 e. The highest BCUT2D eigenvalue weighted by atomic mass is 16.5. The van der Waals surface area contributed by atoms with Crippen molar-refractivity contribution in [1.29, 1.82) is 0 Å². The Kier molecular flexibility index (Phi) is 8.07. The van der Waals surface area contributed by atoms with Crippen LogP contribution in [0.5, 0.6) is 23.0 Å². The highest BCUT2D eigenvalue weighted by molar-refractivity contribution is 6.09. The first-order chi connectivity index (χ1) is 16.5. The molecule has 0 bridgehead atoms. The minimum absolute atomic E-state index is 0.246. The SMILES string of the molecule is COc1ccc(/C=N\NC(=O)c2ccccc2NC(=O)c2cc(OC)c(OC)c(OC)c2)cc1. The number of hydrogen-bond donors (Lipinski definition) is 2. The van der Waals surface area contributed by atoms with Crippen LogP contribution < -0.4 is 29.7 Å². The summed E-state index contributed by atoms with van der Waals surface area (Å²) in [7, 11) is 5.99. The molecule has 0 saturated heterocycles. The van der Waals surface area contributed by atoms with E-state index in [-0.39, 0.29) is 11.1 Å². The van der Waals surface area contributed by atoms with Crippen LogP contribution in [0.1, 0.15) is 26.3 Å². The molecule has 3 aromatic carbocycles. The van der Waals surface area contributed by atoms with Gasteiger partial charge in [-0.1, -0.05) is 12.1 Å². The minimum Gasteiger partial charge on any atom is -0.497 e. The van der Waals surface area contributed by atoms with Crippen molar-refractivity contribution in [3.8, 4) is 23.0 Å². The molecule has 176 valence electrons. The van der Waals surface area contributed by atoms with E-state index in [4.69, 9.17) is 18.9 Å². The van der Waals surface area contributed by atoms with E-state index in [1.165, 1.54) is 39.7 Å². The lowest BCUT2D eigenvalue weighted by atomic mass is 10.1. The predicted octanol–water partition coefficient (Wildman–Crippen LogP) is 3.74. The van der Waals surface area contributed by atoms with Crippen molar-refractivity contribution in [2.45, 2.75) is 0 Å². The van der Waals surface area contributed by atoms with Gasteiger partial charge < -0.3 is 24.3 Å². The summed E-state index contributed by atoms with van der Waals surface area (Å²) >= 11 is 0. The Bertz CT molecular complexity index is 1170. The summed E-state index contributed by atoms with van der Waals surface area (Å²) in [5.41, 5.74) is 4.08. The topological polar surface area (TPSA) is 107 Å². The molecule has 0 aliphatic rings. The number of nitrogens with zero attached hydrogens (tertiary/aromatic N) is 1. The van der Waals surface area contributed by atoms with Crippen molar-refractivity contribution in [3.63, 3.8) is 0 Å². The van der Waals surface area contributed by atoms with Gasteiger partial charge in [0.25, 0.3) is 11.8 Å². The number of nitrogens with one attached hydrogen (secondary N) is 2. The first kappa shape index (κ1) is 24.1. The monoisotopic (exact) mass is 463 g/mol. The van der Waals surface area contributed by atoms with E-state index in [9.17, 15) is 9.59 Å². The molecule has 0 atom stereocenters. The van der Waals surface area contributed by atoms with Gasteiger partial charge in [0.05, 0.1) is 45.9 Å². The number of carbonyl (C=O) groups is 2. The zero-order valence-electron chi connectivity index (χ0n) is 19.2. The third-order valence-corrected chi connectivity index (χ3v) is 4.84.